The van der Waals surface area contributed by atoms with E-state index < -0.39 is 0 Å². The standard InChI is InChI=1S/C12H27NO2/c1-4-5-7-14-9-10-15-8-6-13-11-12(2)3/h12-13H,4-11H2,1-3H3. The van der Waals surface area contributed by atoms with E-state index >= 15 is 0 Å². The fourth-order valence-corrected chi connectivity index (χ4v) is 1.10. The summed E-state index contributed by atoms with van der Waals surface area (Å²) < 4.78 is 10.8. The molecular weight excluding hydrogens is 190 g/mol. The molecule has 0 radical (unpaired) electrons. The van der Waals surface area contributed by atoms with Crippen molar-refractivity contribution in [1.29, 1.82) is 0 Å². The average molecular weight is 217 g/mol. The van der Waals surface area contributed by atoms with Gasteiger partial charge in [-0.05, 0) is 18.9 Å². The Balaban J connectivity index is 2.87. The minimum Gasteiger partial charge on any atom is -0.379 e. The highest BCUT2D eigenvalue weighted by Crippen LogP contribution is 1.88. The van der Waals surface area contributed by atoms with E-state index in [1.807, 2.05) is 0 Å². The molecule has 0 aliphatic carbocycles. The summed E-state index contributed by atoms with van der Waals surface area (Å²) in [4.78, 5) is 0. The van der Waals surface area contributed by atoms with Gasteiger partial charge in [-0.1, -0.05) is 27.2 Å². The summed E-state index contributed by atoms with van der Waals surface area (Å²) in [5.41, 5.74) is 0. The summed E-state index contributed by atoms with van der Waals surface area (Å²) in [5, 5.41) is 3.33. The first kappa shape index (κ1) is 14.9. The lowest BCUT2D eigenvalue weighted by atomic mass is 10.2. The van der Waals surface area contributed by atoms with Crippen molar-refractivity contribution >= 4 is 0 Å². The zero-order valence-corrected chi connectivity index (χ0v) is 10.6. The Morgan fingerprint density at radius 3 is 2.27 bits per heavy atom. The van der Waals surface area contributed by atoms with Crippen LogP contribution in [0.3, 0.4) is 0 Å². The first-order valence-electron chi connectivity index (χ1n) is 6.13. The van der Waals surface area contributed by atoms with Crippen molar-refractivity contribution in [3.63, 3.8) is 0 Å². The van der Waals surface area contributed by atoms with Gasteiger partial charge < -0.3 is 14.8 Å². The summed E-state index contributed by atoms with van der Waals surface area (Å²) in [6.07, 6.45) is 2.34. The van der Waals surface area contributed by atoms with Crippen LogP contribution in [0.15, 0.2) is 0 Å². The molecule has 0 aromatic carbocycles. The molecule has 15 heavy (non-hydrogen) atoms. The quantitative estimate of drug-likeness (QED) is 0.537. The van der Waals surface area contributed by atoms with E-state index in [1.165, 1.54) is 6.42 Å². The Kier molecular flexibility index (Phi) is 11.9. The second-order valence-corrected chi connectivity index (χ2v) is 4.18. The highest BCUT2D eigenvalue weighted by atomic mass is 16.5. The molecule has 0 aliphatic rings. The summed E-state index contributed by atoms with van der Waals surface area (Å²) in [7, 11) is 0. The van der Waals surface area contributed by atoms with Crippen LogP contribution in [0, 0.1) is 5.92 Å². The van der Waals surface area contributed by atoms with E-state index in [0.29, 0.717) is 12.5 Å². The van der Waals surface area contributed by atoms with Crippen LogP contribution in [-0.4, -0.2) is 39.5 Å². The monoisotopic (exact) mass is 217 g/mol. The van der Waals surface area contributed by atoms with Gasteiger partial charge in [-0.3, -0.25) is 0 Å². The van der Waals surface area contributed by atoms with Gasteiger partial charge in [0.2, 0.25) is 0 Å². The third-order valence-electron chi connectivity index (χ3n) is 1.99. The molecule has 0 heterocycles. The predicted octanol–water partition coefficient (Wildman–Crippen LogP) is 2.07. The summed E-state index contributed by atoms with van der Waals surface area (Å²) >= 11 is 0. The fourth-order valence-electron chi connectivity index (χ4n) is 1.10. The van der Waals surface area contributed by atoms with Crippen molar-refractivity contribution in [3.05, 3.63) is 0 Å². The molecule has 0 atom stereocenters. The van der Waals surface area contributed by atoms with E-state index in [2.05, 4.69) is 26.1 Å². The largest absolute Gasteiger partial charge is 0.379 e. The molecule has 0 saturated heterocycles. The highest BCUT2D eigenvalue weighted by molar-refractivity contribution is 4.49. The average Bonchev–Trinajstić information content (AvgIpc) is 2.20. The summed E-state index contributed by atoms with van der Waals surface area (Å²) in [6.45, 7) is 11.7. The number of ether oxygens (including phenoxy) is 2. The van der Waals surface area contributed by atoms with Gasteiger partial charge in [0.05, 0.1) is 19.8 Å². The molecule has 0 aromatic heterocycles. The van der Waals surface area contributed by atoms with E-state index in [-0.39, 0.29) is 0 Å². The number of unbranched alkanes of at least 4 members (excludes halogenated alkanes) is 1. The van der Waals surface area contributed by atoms with Crippen LogP contribution in [0.2, 0.25) is 0 Å². The molecule has 0 aromatic rings. The van der Waals surface area contributed by atoms with Crippen LogP contribution in [-0.2, 0) is 9.47 Å². The molecule has 92 valence electrons. The number of hydrogen-bond donors (Lipinski definition) is 1. The smallest absolute Gasteiger partial charge is 0.0701 e. The summed E-state index contributed by atoms with van der Waals surface area (Å²) in [5.74, 6) is 0.711. The molecule has 0 bridgehead atoms. The summed E-state index contributed by atoms with van der Waals surface area (Å²) in [6, 6.07) is 0. The molecule has 0 unspecified atom stereocenters. The maximum Gasteiger partial charge on any atom is 0.0701 e. The lowest BCUT2D eigenvalue weighted by molar-refractivity contribution is 0.0477. The van der Waals surface area contributed by atoms with Gasteiger partial charge in [-0.25, -0.2) is 0 Å². The maximum atomic E-state index is 5.41. The molecule has 0 saturated carbocycles. The Morgan fingerprint density at radius 2 is 1.67 bits per heavy atom. The molecule has 0 rings (SSSR count). The topological polar surface area (TPSA) is 30.5 Å². The Bertz CT molecular complexity index is 118. The molecule has 0 amide bonds. The molecule has 3 nitrogen and oxygen atoms in total. The van der Waals surface area contributed by atoms with Crippen LogP contribution in [0.5, 0.6) is 0 Å². The van der Waals surface area contributed by atoms with Gasteiger partial charge in [0, 0.05) is 13.2 Å². The van der Waals surface area contributed by atoms with Crippen molar-refractivity contribution in [2.24, 2.45) is 5.92 Å². The lowest BCUT2D eigenvalue weighted by Crippen LogP contribution is -2.24. The zero-order chi connectivity index (χ0) is 11.4. The van der Waals surface area contributed by atoms with Crippen molar-refractivity contribution in [2.45, 2.75) is 33.6 Å². The van der Waals surface area contributed by atoms with Gasteiger partial charge in [0.25, 0.3) is 0 Å². The minimum atomic E-state index is 0.711. The van der Waals surface area contributed by atoms with Crippen LogP contribution >= 0.6 is 0 Å². The Labute approximate surface area is 94.5 Å². The second kappa shape index (κ2) is 12.0. The van der Waals surface area contributed by atoms with Crippen LogP contribution in [0.1, 0.15) is 33.6 Å². The maximum absolute atomic E-state index is 5.41. The van der Waals surface area contributed by atoms with Crippen LogP contribution < -0.4 is 5.32 Å². The molecule has 0 aliphatic heterocycles. The van der Waals surface area contributed by atoms with E-state index in [4.69, 9.17) is 9.47 Å². The van der Waals surface area contributed by atoms with Gasteiger partial charge >= 0.3 is 0 Å². The van der Waals surface area contributed by atoms with Gasteiger partial charge in [-0.2, -0.15) is 0 Å². The fraction of sp³-hybridized carbons (Fsp3) is 1.00. The normalized spacial score (nSPS) is 11.2. The van der Waals surface area contributed by atoms with Crippen molar-refractivity contribution in [3.8, 4) is 0 Å². The van der Waals surface area contributed by atoms with Crippen LogP contribution in [0.25, 0.3) is 0 Å². The van der Waals surface area contributed by atoms with Crippen molar-refractivity contribution < 1.29 is 9.47 Å². The van der Waals surface area contributed by atoms with E-state index in [1.54, 1.807) is 0 Å². The second-order valence-electron chi connectivity index (χ2n) is 4.18. The zero-order valence-electron chi connectivity index (χ0n) is 10.6. The minimum absolute atomic E-state index is 0.711. The predicted molar refractivity (Wildman–Crippen MR) is 64.3 cm³/mol. The van der Waals surface area contributed by atoms with E-state index in [0.717, 1.165) is 39.3 Å². The third kappa shape index (κ3) is 13.9. The molecular formula is C12H27NO2. The van der Waals surface area contributed by atoms with Crippen molar-refractivity contribution in [2.75, 3.05) is 39.5 Å². The number of nitrogens with one attached hydrogen (secondary N) is 1. The molecule has 3 heteroatoms. The Morgan fingerprint density at radius 1 is 1.00 bits per heavy atom. The SMILES string of the molecule is CCCCOCCOCCNCC(C)C. The van der Waals surface area contributed by atoms with Crippen LogP contribution in [0.4, 0.5) is 0 Å². The number of hydrogen-bond acceptors (Lipinski definition) is 3. The number of rotatable bonds is 11. The third-order valence-corrected chi connectivity index (χ3v) is 1.99. The van der Waals surface area contributed by atoms with Gasteiger partial charge in [-0.15, -0.1) is 0 Å². The first-order chi connectivity index (χ1) is 7.27. The molecule has 0 spiro atoms. The van der Waals surface area contributed by atoms with Crippen molar-refractivity contribution in [1.82, 2.24) is 5.32 Å². The van der Waals surface area contributed by atoms with Gasteiger partial charge in [0.1, 0.15) is 0 Å². The first-order valence-corrected chi connectivity index (χ1v) is 6.13. The Hall–Kier alpha value is -0.120. The van der Waals surface area contributed by atoms with E-state index in [9.17, 15) is 0 Å². The lowest BCUT2D eigenvalue weighted by Gasteiger charge is -2.08. The molecule has 0 fully saturated rings. The highest BCUT2D eigenvalue weighted by Gasteiger charge is 1.93. The molecule has 1 N–H and O–H groups in total. The van der Waals surface area contributed by atoms with Gasteiger partial charge in [0.15, 0.2) is 0 Å².